The molecule has 0 radical (unpaired) electrons. The van der Waals surface area contributed by atoms with E-state index in [1.165, 1.54) is 45.1 Å². The summed E-state index contributed by atoms with van der Waals surface area (Å²) < 4.78 is 18.6. The number of imidazole rings is 3. The van der Waals surface area contributed by atoms with Gasteiger partial charge in [-0.3, -0.25) is 0 Å². The summed E-state index contributed by atoms with van der Waals surface area (Å²) in [6.45, 7) is 8.53. The zero-order valence-electron chi connectivity index (χ0n) is 25.7. The lowest BCUT2D eigenvalue weighted by atomic mass is 9.99. The highest BCUT2D eigenvalue weighted by Crippen LogP contribution is 2.25. The van der Waals surface area contributed by atoms with E-state index in [9.17, 15) is 4.39 Å². The second-order valence-corrected chi connectivity index (χ2v) is 10.9. The maximum Gasteiger partial charge on any atom is 0.128 e. The molecule has 0 aliphatic carbocycles. The number of aryl methyl sites for hydroxylation is 1. The van der Waals surface area contributed by atoms with Crippen LogP contribution in [-0.4, -0.2) is 37.0 Å². The lowest BCUT2D eigenvalue weighted by molar-refractivity contribution is 0.411. The second kappa shape index (κ2) is 15.7. The maximum atomic E-state index is 13.3. The highest BCUT2D eigenvalue weighted by Gasteiger charge is 2.09. The molecular formula is C35H38ClFN6O. The minimum absolute atomic E-state index is 0.285. The zero-order chi connectivity index (χ0) is 31.5. The van der Waals surface area contributed by atoms with Gasteiger partial charge < -0.3 is 19.7 Å². The van der Waals surface area contributed by atoms with Crippen LogP contribution in [0.3, 0.4) is 0 Å². The van der Waals surface area contributed by atoms with Gasteiger partial charge in [0.15, 0.2) is 0 Å². The molecule has 0 unspecified atom stereocenters. The Bertz CT molecular complexity index is 1710. The summed E-state index contributed by atoms with van der Waals surface area (Å²) in [5.41, 5.74) is 11.5. The van der Waals surface area contributed by atoms with Crippen molar-refractivity contribution >= 4 is 11.6 Å². The van der Waals surface area contributed by atoms with Crippen LogP contribution in [0.15, 0.2) is 86.1 Å². The molecule has 0 saturated carbocycles. The normalized spacial score (nSPS) is 10.4. The third kappa shape index (κ3) is 8.67. The molecule has 9 heteroatoms. The van der Waals surface area contributed by atoms with Crippen molar-refractivity contribution in [3.05, 3.63) is 153 Å². The molecule has 3 aromatic carbocycles. The summed E-state index contributed by atoms with van der Waals surface area (Å²) in [6, 6.07) is 15.2. The van der Waals surface area contributed by atoms with Crippen molar-refractivity contribution in [3.8, 4) is 5.75 Å². The van der Waals surface area contributed by atoms with Gasteiger partial charge in [-0.15, -0.1) is 0 Å². The molecule has 44 heavy (non-hydrogen) atoms. The topological polar surface area (TPSA) is 95.3 Å². The lowest BCUT2D eigenvalue weighted by Gasteiger charge is -2.11. The van der Waals surface area contributed by atoms with Crippen molar-refractivity contribution in [2.24, 2.45) is 0 Å². The van der Waals surface area contributed by atoms with E-state index in [2.05, 4.69) is 81.9 Å². The molecule has 228 valence electrons. The molecule has 0 bridgehead atoms. The Labute approximate surface area is 263 Å². The molecule has 0 atom stereocenters. The van der Waals surface area contributed by atoms with Crippen LogP contribution in [0.5, 0.6) is 5.75 Å². The maximum absolute atomic E-state index is 13.3. The number of methoxy groups -OCH3 is 1. The van der Waals surface area contributed by atoms with Crippen LogP contribution in [0, 0.1) is 33.5 Å². The Kier molecular flexibility index (Phi) is 11.5. The number of ether oxygens (including phenoxy) is 1. The molecule has 0 spiro atoms. The van der Waals surface area contributed by atoms with Gasteiger partial charge in [-0.25, -0.2) is 19.3 Å². The Morgan fingerprint density at radius 1 is 0.659 bits per heavy atom. The highest BCUT2D eigenvalue weighted by atomic mass is 35.5. The first-order chi connectivity index (χ1) is 21.3. The average Bonchev–Trinajstić information content (AvgIpc) is 3.82. The van der Waals surface area contributed by atoms with Gasteiger partial charge in [0.1, 0.15) is 11.6 Å². The van der Waals surface area contributed by atoms with E-state index >= 15 is 0 Å². The number of aromatic nitrogens is 6. The van der Waals surface area contributed by atoms with Gasteiger partial charge in [0, 0.05) is 65.5 Å². The average molecular weight is 613 g/mol. The Morgan fingerprint density at radius 2 is 1.20 bits per heavy atom. The van der Waals surface area contributed by atoms with Crippen molar-refractivity contribution in [1.82, 2.24) is 29.9 Å². The predicted molar refractivity (Wildman–Crippen MR) is 174 cm³/mol. The summed E-state index contributed by atoms with van der Waals surface area (Å²) in [7, 11) is 1.70. The lowest BCUT2D eigenvalue weighted by Crippen LogP contribution is -1.97. The molecular weight excluding hydrogens is 575 g/mol. The van der Waals surface area contributed by atoms with E-state index in [1.54, 1.807) is 44.4 Å². The van der Waals surface area contributed by atoms with Crippen LogP contribution in [0.2, 0.25) is 5.02 Å². The van der Waals surface area contributed by atoms with Gasteiger partial charge in [0.2, 0.25) is 0 Å². The van der Waals surface area contributed by atoms with Crippen LogP contribution < -0.4 is 4.74 Å². The molecule has 3 N–H and O–H groups in total. The molecule has 0 saturated heterocycles. The van der Waals surface area contributed by atoms with Gasteiger partial charge in [-0.2, -0.15) is 0 Å². The third-order valence-electron chi connectivity index (χ3n) is 7.64. The molecule has 0 amide bonds. The zero-order valence-corrected chi connectivity index (χ0v) is 26.5. The van der Waals surface area contributed by atoms with Crippen LogP contribution in [0.4, 0.5) is 4.39 Å². The van der Waals surface area contributed by atoms with E-state index in [1.807, 2.05) is 18.5 Å². The summed E-state index contributed by atoms with van der Waals surface area (Å²) in [6.07, 6.45) is 12.6. The van der Waals surface area contributed by atoms with Crippen LogP contribution in [0.25, 0.3) is 0 Å². The fourth-order valence-corrected chi connectivity index (χ4v) is 4.94. The smallest absolute Gasteiger partial charge is 0.128 e. The van der Waals surface area contributed by atoms with Crippen LogP contribution >= 0.6 is 11.6 Å². The van der Waals surface area contributed by atoms with Crippen molar-refractivity contribution in [2.45, 2.75) is 47.0 Å². The third-order valence-corrected chi connectivity index (χ3v) is 8.00. The van der Waals surface area contributed by atoms with Gasteiger partial charge in [0.25, 0.3) is 0 Å². The number of hydrogen-bond donors (Lipinski definition) is 3. The van der Waals surface area contributed by atoms with Gasteiger partial charge in [-0.1, -0.05) is 41.9 Å². The Balaban J connectivity index is 0.000000151. The summed E-state index contributed by atoms with van der Waals surface area (Å²) in [5.74, 6) is 0.665. The Hall–Kier alpha value is -4.69. The SMILES string of the molecule is COc1ccc(Cc2cnc[nH]2)c(C)c1C.Cc1cccc(Cc2cnc[nH]2)c1C.Fc1cccc(Cl)c1Cc1cnc[nH]1. The van der Waals surface area contributed by atoms with E-state index in [-0.39, 0.29) is 5.82 Å². The van der Waals surface area contributed by atoms with Gasteiger partial charge in [-0.05, 0) is 79.3 Å². The second-order valence-electron chi connectivity index (χ2n) is 10.5. The van der Waals surface area contributed by atoms with E-state index in [4.69, 9.17) is 16.3 Å². The minimum Gasteiger partial charge on any atom is -0.496 e. The van der Waals surface area contributed by atoms with Crippen molar-refractivity contribution in [1.29, 1.82) is 0 Å². The number of nitrogens with one attached hydrogen (secondary N) is 3. The molecule has 3 aromatic heterocycles. The summed E-state index contributed by atoms with van der Waals surface area (Å²) in [5, 5.41) is 0.444. The van der Waals surface area contributed by atoms with Crippen LogP contribution in [-0.2, 0) is 19.3 Å². The summed E-state index contributed by atoms with van der Waals surface area (Å²) >= 11 is 5.87. The quantitative estimate of drug-likeness (QED) is 0.170. The first-order valence-electron chi connectivity index (χ1n) is 14.3. The number of aromatic amines is 3. The standard InChI is InChI=1S/C13H16N2O.C12H14N2.C10H8ClFN2/c1-9-10(2)13(16-3)5-4-11(9)6-12-7-14-8-15-12;1-9-4-3-5-11(10(9)2)6-12-7-13-8-14-12;11-9-2-1-3-10(12)8(9)4-7-5-13-6-14-7/h4-5,7-8H,6H2,1-3H3,(H,14,15);3-5,7-8H,6H2,1-2H3,(H,13,14);1-3,5-6H,4H2,(H,13,14). The Morgan fingerprint density at radius 3 is 1.73 bits per heavy atom. The van der Waals surface area contributed by atoms with E-state index in [0.717, 1.165) is 30.0 Å². The number of benzene rings is 3. The fraction of sp³-hybridized carbons (Fsp3) is 0.229. The summed E-state index contributed by atoms with van der Waals surface area (Å²) in [4.78, 5) is 21.0. The minimum atomic E-state index is -0.285. The molecule has 3 heterocycles. The number of halogens is 2. The molecule has 6 rings (SSSR count). The number of rotatable bonds is 7. The van der Waals surface area contributed by atoms with Gasteiger partial charge in [0.05, 0.1) is 26.1 Å². The molecule has 6 aromatic rings. The fourth-order valence-electron chi connectivity index (χ4n) is 4.71. The first kappa shape index (κ1) is 32.2. The number of hydrogen-bond acceptors (Lipinski definition) is 4. The van der Waals surface area contributed by atoms with E-state index in [0.29, 0.717) is 17.0 Å². The van der Waals surface area contributed by atoms with Crippen LogP contribution in [0.1, 0.15) is 56.0 Å². The largest absolute Gasteiger partial charge is 0.496 e. The molecule has 7 nitrogen and oxygen atoms in total. The monoisotopic (exact) mass is 612 g/mol. The first-order valence-corrected chi connectivity index (χ1v) is 14.7. The number of H-pyrrole nitrogens is 3. The number of nitrogens with zero attached hydrogens (tertiary/aromatic N) is 3. The van der Waals surface area contributed by atoms with Crippen molar-refractivity contribution in [2.75, 3.05) is 7.11 Å². The highest BCUT2D eigenvalue weighted by molar-refractivity contribution is 6.31. The van der Waals surface area contributed by atoms with Crippen molar-refractivity contribution < 1.29 is 9.13 Å². The predicted octanol–water partition coefficient (Wildman–Crippen LogP) is 8.04. The molecule has 0 fully saturated rings. The van der Waals surface area contributed by atoms with E-state index < -0.39 is 0 Å². The molecule has 0 aliphatic rings. The molecule has 0 aliphatic heterocycles. The van der Waals surface area contributed by atoms with Crippen molar-refractivity contribution in [3.63, 3.8) is 0 Å². The van der Waals surface area contributed by atoms with Gasteiger partial charge >= 0.3 is 0 Å².